The quantitative estimate of drug-likeness (QED) is 0.475. The van der Waals surface area contributed by atoms with Crippen LogP contribution in [0.4, 0.5) is 5.69 Å². The molecular weight excluding hydrogens is 293 g/mol. The predicted molar refractivity (Wildman–Crippen MR) is 69.6 cm³/mol. The van der Waals surface area contributed by atoms with Crippen molar-refractivity contribution in [3.05, 3.63) is 23.2 Å². The highest BCUT2D eigenvalue weighted by atomic mass is 79.9. The van der Waals surface area contributed by atoms with Gasteiger partial charge in [-0.2, -0.15) is 0 Å². The molecular formula is C11H11BrClNO2. The Hall–Kier alpha value is -0.870. The minimum Gasteiger partial charge on any atom is -0.492 e. The van der Waals surface area contributed by atoms with Crippen molar-refractivity contribution >= 4 is 45.7 Å². The summed E-state index contributed by atoms with van der Waals surface area (Å²) < 4.78 is 5.32. The lowest BCUT2D eigenvalue weighted by Gasteiger charge is -2.05. The summed E-state index contributed by atoms with van der Waals surface area (Å²) in [6.07, 6.45) is 2.26. The summed E-state index contributed by atoms with van der Waals surface area (Å²) in [6.45, 7) is 2.43. The molecule has 0 heterocycles. The minimum atomic E-state index is -0.376. The van der Waals surface area contributed by atoms with Gasteiger partial charge in [0.25, 0.3) is 0 Å². The van der Waals surface area contributed by atoms with Gasteiger partial charge in [-0.25, -0.2) is 0 Å². The smallest absolute Gasteiger partial charge is 0.140 e. The Morgan fingerprint density at radius 1 is 1.62 bits per heavy atom. The number of halogens is 2. The van der Waals surface area contributed by atoms with Gasteiger partial charge in [0.1, 0.15) is 16.9 Å². The van der Waals surface area contributed by atoms with Gasteiger partial charge in [0.05, 0.1) is 17.3 Å². The molecule has 0 saturated carbocycles. The van der Waals surface area contributed by atoms with Crippen LogP contribution in [0.15, 0.2) is 23.2 Å². The molecule has 0 bridgehead atoms. The van der Waals surface area contributed by atoms with Gasteiger partial charge in [-0.3, -0.25) is 4.99 Å². The number of carbonyl (C=O) groups excluding carboxylic acids is 1. The second-order valence-corrected chi connectivity index (χ2v) is 4.37. The van der Waals surface area contributed by atoms with E-state index in [1.165, 1.54) is 6.21 Å². The van der Waals surface area contributed by atoms with Crippen LogP contribution >= 0.6 is 27.5 Å². The monoisotopic (exact) mass is 303 g/mol. The third kappa shape index (κ3) is 3.94. The van der Waals surface area contributed by atoms with Gasteiger partial charge in [0, 0.05) is 12.3 Å². The molecule has 0 amide bonds. The molecule has 1 aromatic carbocycles. The molecule has 0 saturated heterocycles. The maximum Gasteiger partial charge on any atom is 0.140 e. The van der Waals surface area contributed by atoms with E-state index >= 15 is 0 Å². The molecule has 5 heteroatoms. The first kappa shape index (κ1) is 13.2. The number of aldehydes is 1. The number of alkyl halides is 1. The first-order valence-electron chi connectivity index (χ1n) is 4.73. The van der Waals surface area contributed by atoms with E-state index in [1.54, 1.807) is 18.2 Å². The van der Waals surface area contributed by atoms with Gasteiger partial charge in [0.2, 0.25) is 0 Å². The highest BCUT2D eigenvalue weighted by Crippen LogP contribution is 2.29. The summed E-state index contributed by atoms with van der Waals surface area (Å²) in [5.74, 6) is 0.594. The van der Waals surface area contributed by atoms with Crippen molar-refractivity contribution in [3.63, 3.8) is 0 Å². The Labute approximate surface area is 108 Å². The van der Waals surface area contributed by atoms with Gasteiger partial charge in [0.15, 0.2) is 0 Å². The molecule has 1 rings (SSSR count). The molecule has 0 aliphatic rings. The third-order valence-corrected chi connectivity index (χ3v) is 2.48. The Balaban J connectivity index is 2.85. The Kier molecular flexibility index (Phi) is 5.49. The third-order valence-electron chi connectivity index (χ3n) is 1.71. The second kappa shape index (κ2) is 6.66. The summed E-state index contributed by atoms with van der Waals surface area (Å²) in [5, 5.41) is 0.548. The molecule has 0 N–H and O–H groups in total. The van der Waals surface area contributed by atoms with Crippen LogP contribution in [0.25, 0.3) is 0 Å². The molecule has 1 aromatic rings. The number of nitrogens with zero attached hydrogens (tertiary/aromatic N) is 1. The van der Waals surface area contributed by atoms with E-state index in [2.05, 4.69) is 20.9 Å². The first-order valence-corrected chi connectivity index (χ1v) is 6.02. The lowest BCUT2D eigenvalue weighted by atomic mass is 10.3. The van der Waals surface area contributed by atoms with E-state index in [9.17, 15) is 4.79 Å². The summed E-state index contributed by atoms with van der Waals surface area (Å²) in [4.78, 5) is 14.1. The van der Waals surface area contributed by atoms with Gasteiger partial charge >= 0.3 is 0 Å². The van der Waals surface area contributed by atoms with E-state index in [0.717, 1.165) is 6.29 Å². The predicted octanol–water partition coefficient (Wildman–Crippen LogP) is 3.40. The number of hydrogen-bond donors (Lipinski definition) is 0. The first-order chi connectivity index (χ1) is 7.67. The van der Waals surface area contributed by atoms with Crippen LogP contribution in [-0.4, -0.2) is 23.9 Å². The molecule has 0 aliphatic heterocycles. The zero-order chi connectivity index (χ0) is 12.0. The lowest BCUT2D eigenvalue weighted by molar-refractivity contribution is -0.106. The summed E-state index contributed by atoms with van der Waals surface area (Å²) in [6, 6.07) is 5.20. The molecule has 86 valence electrons. The number of carbonyl (C=O) groups is 1. The van der Waals surface area contributed by atoms with Crippen molar-refractivity contribution in [3.8, 4) is 5.75 Å². The average Bonchev–Trinajstić information content (AvgIpc) is 2.30. The molecule has 1 atom stereocenters. The van der Waals surface area contributed by atoms with Gasteiger partial charge < -0.3 is 9.53 Å². The van der Waals surface area contributed by atoms with Crippen molar-refractivity contribution in [2.24, 2.45) is 4.99 Å². The maximum absolute atomic E-state index is 10.4. The zero-order valence-corrected chi connectivity index (χ0v) is 11.0. The Morgan fingerprint density at radius 2 is 2.38 bits per heavy atom. The number of benzene rings is 1. The zero-order valence-electron chi connectivity index (χ0n) is 8.69. The van der Waals surface area contributed by atoms with E-state index in [0.29, 0.717) is 23.1 Å². The van der Waals surface area contributed by atoms with Crippen LogP contribution in [0.1, 0.15) is 6.92 Å². The number of hydrogen-bond acceptors (Lipinski definition) is 3. The van der Waals surface area contributed by atoms with Crippen LogP contribution in [0.3, 0.4) is 0 Å². The van der Waals surface area contributed by atoms with Crippen LogP contribution < -0.4 is 4.74 Å². The summed E-state index contributed by atoms with van der Waals surface area (Å²) >= 11 is 9.05. The van der Waals surface area contributed by atoms with Crippen LogP contribution in [0.5, 0.6) is 5.75 Å². The van der Waals surface area contributed by atoms with Gasteiger partial charge in [-0.05, 0) is 19.1 Å². The van der Waals surface area contributed by atoms with Crippen molar-refractivity contribution in [2.45, 2.75) is 11.8 Å². The number of ether oxygens (including phenoxy) is 1. The van der Waals surface area contributed by atoms with E-state index in [4.69, 9.17) is 16.3 Å². The Bertz CT molecular complexity index is 396. The van der Waals surface area contributed by atoms with Gasteiger partial charge in [-0.1, -0.05) is 27.5 Å². The molecule has 1 unspecified atom stereocenters. The Morgan fingerprint density at radius 3 is 3.00 bits per heavy atom. The summed E-state index contributed by atoms with van der Waals surface area (Å²) in [5.41, 5.74) is 0.694. The fraction of sp³-hybridized carbons (Fsp3) is 0.273. The topological polar surface area (TPSA) is 38.7 Å². The average molecular weight is 305 g/mol. The molecule has 0 aliphatic carbocycles. The van der Waals surface area contributed by atoms with Gasteiger partial charge in [-0.15, -0.1) is 0 Å². The van der Waals surface area contributed by atoms with Crippen LogP contribution in [0.2, 0.25) is 5.02 Å². The van der Waals surface area contributed by atoms with E-state index in [1.807, 2.05) is 6.92 Å². The van der Waals surface area contributed by atoms with E-state index < -0.39 is 0 Å². The largest absolute Gasteiger partial charge is 0.492 e. The number of rotatable bonds is 5. The maximum atomic E-state index is 10.4. The molecule has 0 fully saturated rings. The summed E-state index contributed by atoms with van der Waals surface area (Å²) in [7, 11) is 0. The van der Waals surface area contributed by atoms with Crippen LogP contribution in [-0.2, 0) is 4.79 Å². The molecule has 0 spiro atoms. The van der Waals surface area contributed by atoms with Crippen LogP contribution in [0, 0.1) is 0 Å². The molecule has 0 radical (unpaired) electrons. The normalized spacial score (nSPS) is 12.7. The fourth-order valence-corrected chi connectivity index (χ4v) is 1.32. The van der Waals surface area contributed by atoms with Crippen molar-refractivity contribution in [1.29, 1.82) is 0 Å². The van der Waals surface area contributed by atoms with Crippen molar-refractivity contribution < 1.29 is 9.53 Å². The van der Waals surface area contributed by atoms with Crippen molar-refractivity contribution in [2.75, 3.05) is 6.61 Å². The second-order valence-electron chi connectivity index (χ2n) is 2.91. The minimum absolute atomic E-state index is 0.376. The van der Waals surface area contributed by atoms with E-state index in [-0.39, 0.29) is 4.83 Å². The SMILES string of the molecule is CCOc1cc(N=CC(Br)C=O)ccc1Cl. The molecule has 0 aromatic heterocycles. The highest BCUT2D eigenvalue weighted by molar-refractivity contribution is 9.10. The fourth-order valence-electron chi connectivity index (χ4n) is 1.03. The highest BCUT2D eigenvalue weighted by Gasteiger charge is 2.02. The number of aliphatic imine (C=N–C) groups is 1. The van der Waals surface area contributed by atoms with Crippen molar-refractivity contribution in [1.82, 2.24) is 0 Å². The standard InChI is InChI=1S/C11H11BrClNO2/c1-2-16-11-5-9(3-4-10(11)13)14-6-8(12)7-15/h3-8H,2H2,1H3. The molecule has 3 nitrogen and oxygen atoms in total. The lowest BCUT2D eigenvalue weighted by Crippen LogP contribution is -1.98. The molecule has 16 heavy (non-hydrogen) atoms.